The van der Waals surface area contributed by atoms with E-state index in [4.69, 9.17) is 0 Å². The monoisotopic (exact) mass is 523 g/mol. The molecule has 0 bridgehead atoms. The number of aromatic nitrogens is 2. The van der Waals surface area contributed by atoms with Crippen molar-refractivity contribution in [1.29, 1.82) is 0 Å². The summed E-state index contributed by atoms with van der Waals surface area (Å²) in [6.45, 7) is 5.38. The van der Waals surface area contributed by atoms with Crippen molar-refractivity contribution in [3.05, 3.63) is 113 Å². The van der Waals surface area contributed by atoms with Crippen molar-refractivity contribution in [1.82, 2.24) is 9.55 Å². The van der Waals surface area contributed by atoms with E-state index in [2.05, 4.69) is 16.9 Å². The summed E-state index contributed by atoms with van der Waals surface area (Å²) in [7, 11) is -3.13. The van der Waals surface area contributed by atoms with Crippen LogP contribution in [0.3, 0.4) is 0 Å². The molecule has 0 fully saturated rings. The fourth-order valence-electron chi connectivity index (χ4n) is 4.51. The highest BCUT2D eigenvalue weighted by Crippen LogP contribution is 2.30. The van der Waals surface area contributed by atoms with Crippen molar-refractivity contribution in [3.8, 4) is 16.8 Å². The number of hydrogen-bond acceptors (Lipinski definition) is 5. The van der Waals surface area contributed by atoms with Gasteiger partial charge in [-0.05, 0) is 65.6 Å². The zero-order chi connectivity index (χ0) is 27.0. The van der Waals surface area contributed by atoms with E-state index in [9.17, 15) is 18.0 Å². The van der Waals surface area contributed by atoms with Gasteiger partial charge in [0, 0.05) is 35.0 Å². The highest BCUT2D eigenvalue weighted by Gasteiger charge is 2.13. The Morgan fingerprint density at radius 2 is 1.74 bits per heavy atom. The molecule has 0 atom stereocenters. The lowest BCUT2D eigenvalue weighted by Gasteiger charge is -2.15. The maximum atomic E-state index is 13.2. The summed E-state index contributed by atoms with van der Waals surface area (Å²) in [5, 5.41) is 4.38. The zero-order valence-electron chi connectivity index (χ0n) is 20.9. The minimum atomic E-state index is -3.13. The van der Waals surface area contributed by atoms with Gasteiger partial charge in [-0.15, -0.1) is 0 Å². The van der Waals surface area contributed by atoms with Gasteiger partial charge in [0.2, 0.25) is 5.91 Å². The number of nitrogens with one attached hydrogen (secondary N) is 1. The molecule has 0 aliphatic rings. The summed E-state index contributed by atoms with van der Waals surface area (Å²) < 4.78 is 24.9. The Hall–Kier alpha value is -4.56. The lowest BCUT2D eigenvalue weighted by Crippen LogP contribution is -2.18. The third kappa shape index (κ3) is 4.99. The molecule has 1 N–H and O–H groups in total. The molecule has 3 aromatic carbocycles. The molecule has 7 nitrogen and oxygen atoms in total. The smallest absolute Gasteiger partial charge is 0.255 e. The standard InChI is InChI=1S/C30H25N3O4S/c1-4-28(34)32-27-16-24(12-5-19(27)2)33-29(35)14-11-23-17-31-26-13-10-22(15-25(26)30(23)33)21-8-6-20(7-9-21)18-38(3,36)37/h4-17H,1,18H2,2-3H3,(H,32,34). The van der Waals surface area contributed by atoms with Gasteiger partial charge in [0.15, 0.2) is 9.84 Å². The van der Waals surface area contributed by atoms with Gasteiger partial charge >= 0.3 is 0 Å². The van der Waals surface area contributed by atoms with Crippen LogP contribution in [0.4, 0.5) is 5.69 Å². The lowest BCUT2D eigenvalue weighted by atomic mass is 10.0. The number of sulfone groups is 1. The van der Waals surface area contributed by atoms with Gasteiger partial charge in [-0.3, -0.25) is 19.1 Å². The number of nitrogens with zero attached hydrogens (tertiary/aromatic N) is 2. The van der Waals surface area contributed by atoms with E-state index in [-0.39, 0.29) is 17.2 Å². The van der Waals surface area contributed by atoms with Crippen LogP contribution in [-0.2, 0) is 20.4 Å². The maximum Gasteiger partial charge on any atom is 0.255 e. The highest BCUT2D eigenvalue weighted by atomic mass is 32.2. The first-order valence-corrected chi connectivity index (χ1v) is 13.9. The predicted octanol–water partition coefficient (Wildman–Crippen LogP) is 5.18. The van der Waals surface area contributed by atoms with Gasteiger partial charge in [-0.2, -0.15) is 0 Å². The van der Waals surface area contributed by atoms with Crippen molar-refractivity contribution in [2.45, 2.75) is 12.7 Å². The van der Waals surface area contributed by atoms with Gasteiger partial charge in [0.1, 0.15) is 0 Å². The molecule has 0 aliphatic carbocycles. The SMILES string of the molecule is C=CC(=O)Nc1cc(-n2c(=O)ccc3cnc4ccc(-c5ccc(CS(C)(=O)=O)cc5)cc4c32)ccc1C. The first-order valence-electron chi connectivity index (χ1n) is 11.9. The number of pyridine rings is 2. The molecular weight excluding hydrogens is 498 g/mol. The molecule has 8 heteroatoms. The molecule has 5 aromatic rings. The van der Waals surface area contributed by atoms with Crippen LogP contribution in [0.1, 0.15) is 11.1 Å². The number of rotatable bonds is 6. The number of fused-ring (bicyclic) bond motifs is 3. The molecule has 0 aliphatic heterocycles. The Kier molecular flexibility index (Phi) is 6.42. The Morgan fingerprint density at radius 1 is 1.00 bits per heavy atom. The topological polar surface area (TPSA) is 98.1 Å². The fourth-order valence-corrected chi connectivity index (χ4v) is 5.31. The first-order chi connectivity index (χ1) is 18.1. The van der Waals surface area contributed by atoms with Gasteiger partial charge in [0.25, 0.3) is 5.56 Å². The summed E-state index contributed by atoms with van der Waals surface area (Å²) in [6, 6.07) is 22.0. The Labute approximate surface area is 220 Å². The predicted molar refractivity (Wildman–Crippen MR) is 152 cm³/mol. The van der Waals surface area contributed by atoms with Crippen LogP contribution in [0.25, 0.3) is 38.6 Å². The Balaban J connectivity index is 1.70. The molecule has 0 saturated carbocycles. The molecule has 0 radical (unpaired) electrons. The molecule has 0 spiro atoms. The second kappa shape index (κ2) is 9.72. The van der Waals surface area contributed by atoms with Crippen molar-refractivity contribution < 1.29 is 13.2 Å². The average molecular weight is 524 g/mol. The molecule has 0 unspecified atom stereocenters. The summed E-state index contributed by atoms with van der Waals surface area (Å²) >= 11 is 0. The molecule has 2 heterocycles. The Morgan fingerprint density at radius 3 is 2.45 bits per heavy atom. The molecule has 2 aromatic heterocycles. The van der Waals surface area contributed by atoms with E-state index in [1.807, 2.05) is 61.5 Å². The van der Waals surface area contributed by atoms with E-state index < -0.39 is 9.84 Å². The van der Waals surface area contributed by atoms with Crippen molar-refractivity contribution >= 4 is 43.2 Å². The van der Waals surface area contributed by atoms with Crippen LogP contribution < -0.4 is 10.9 Å². The van der Waals surface area contributed by atoms with Crippen LogP contribution >= 0.6 is 0 Å². The third-order valence-electron chi connectivity index (χ3n) is 6.36. The maximum absolute atomic E-state index is 13.2. The minimum absolute atomic E-state index is 0.0162. The van der Waals surface area contributed by atoms with E-state index in [1.165, 1.54) is 18.4 Å². The van der Waals surface area contributed by atoms with Gasteiger partial charge in [0.05, 0.1) is 22.5 Å². The number of hydrogen-bond donors (Lipinski definition) is 1. The van der Waals surface area contributed by atoms with Gasteiger partial charge in [-0.25, -0.2) is 8.42 Å². The average Bonchev–Trinajstić information content (AvgIpc) is 2.89. The van der Waals surface area contributed by atoms with Crippen LogP contribution in [0.15, 0.2) is 96.4 Å². The third-order valence-corrected chi connectivity index (χ3v) is 7.21. The van der Waals surface area contributed by atoms with Gasteiger partial charge in [-0.1, -0.05) is 43.0 Å². The lowest BCUT2D eigenvalue weighted by molar-refractivity contribution is -0.111. The molecule has 190 valence electrons. The van der Waals surface area contributed by atoms with Crippen LogP contribution in [0, 0.1) is 6.92 Å². The highest BCUT2D eigenvalue weighted by molar-refractivity contribution is 7.89. The van der Waals surface area contributed by atoms with Crippen molar-refractivity contribution in [2.75, 3.05) is 11.6 Å². The summed E-state index contributed by atoms with van der Waals surface area (Å²) in [5.74, 6) is -0.352. The zero-order valence-corrected chi connectivity index (χ0v) is 21.7. The van der Waals surface area contributed by atoms with Gasteiger partial charge < -0.3 is 5.32 Å². The number of amides is 1. The van der Waals surface area contributed by atoms with Crippen molar-refractivity contribution in [2.24, 2.45) is 0 Å². The fraction of sp³-hybridized carbons (Fsp3) is 0.100. The summed E-state index contributed by atoms with van der Waals surface area (Å²) in [5.41, 5.74) is 5.79. The minimum Gasteiger partial charge on any atom is -0.322 e. The summed E-state index contributed by atoms with van der Waals surface area (Å²) in [4.78, 5) is 29.8. The molecule has 5 rings (SSSR count). The number of carbonyl (C=O) groups is 1. The van der Waals surface area contributed by atoms with Crippen LogP contribution in [-0.4, -0.2) is 30.1 Å². The number of anilines is 1. The van der Waals surface area contributed by atoms with E-state index in [0.717, 1.165) is 38.5 Å². The van der Waals surface area contributed by atoms with Crippen LogP contribution in [0.2, 0.25) is 0 Å². The van der Waals surface area contributed by atoms with Crippen molar-refractivity contribution in [3.63, 3.8) is 0 Å². The number of aryl methyl sites for hydroxylation is 1. The molecule has 38 heavy (non-hydrogen) atoms. The van der Waals surface area contributed by atoms with Crippen LogP contribution in [0.5, 0.6) is 0 Å². The second-order valence-electron chi connectivity index (χ2n) is 9.26. The second-order valence-corrected chi connectivity index (χ2v) is 11.4. The summed E-state index contributed by atoms with van der Waals surface area (Å²) in [6.07, 6.45) is 4.15. The van der Waals surface area contributed by atoms with E-state index in [0.29, 0.717) is 16.9 Å². The van der Waals surface area contributed by atoms with E-state index >= 15 is 0 Å². The molecule has 1 amide bonds. The number of benzene rings is 3. The molecular formula is C30H25N3O4S. The number of carbonyl (C=O) groups excluding carboxylic acids is 1. The first kappa shape index (κ1) is 25.1. The largest absolute Gasteiger partial charge is 0.322 e. The molecule has 0 saturated heterocycles. The van der Waals surface area contributed by atoms with E-state index in [1.54, 1.807) is 22.9 Å². The normalized spacial score (nSPS) is 11.5. The quantitative estimate of drug-likeness (QED) is 0.244. The Bertz CT molecular complexity index is 1910.